The van der Waals surface area contributed by atoms with Crippen LogP contribution in [0.1, 0.15) is 17.3 Å². The van der Waals surface area contributed by atoms with Crippen LogP contribution in [0.2, 0.25) is 0 Å². The van der Waals surface area contributed by atoms with Crippen molar-refractivity contribution < 1.29 is 9.63 Å². The number of hydrogen-bond donors (Lipinski definition) is 1. The molecule has 0 amide bonds. The van der Waals surface area contributed by atoms with E-state index in [2.05, 4.69) is 21.7 Å². The second-order valence-corrected chi connectivity index (χ2v) is 5.75. The molecule has 0 saturated heterocycles. The van der Waals surface area contributed by atoms with E-state index in [1.165, 1.54) is 0 Å². The fourth-order valence-electron chi connectivity index (χ4n) is 2.51. The third kappa shape index (κ3) is 4.30. The van der Waals surface area contributed by atoms with Crippen molar-refractivity contribution in [1.82, 2.24) is 20.0 Å². The van der Waals surface area contributed by atoms with Crippen LogP contribution in [0.25, 0.3) is 11.4 Å². The van der Waals surface area contributed by atoms with Crippen molar-refractivity contribution in [2.75, 3.05) is 6.54 Å². The first-order valence-electron chi connectivity index (χ1n) is 8.02. The maximum atomic E-state index is 10.0. The van der Waals surface area contributed by atoms with Gasteiger partial charge in [0.25, 0.3) is 0 Å². The van der Waals surface area contributed by atoms with Gasteiger partial charge in [-0.05, 0) is 19.1 Å². The third-order valence-corrected chi connectivity index (χ3v) is 3.71. The summed E-state index contributed by atoms with van der Waals surface area (Å²) in [5.41, 5.74) is 2.38. The van der Waals surface area contributed by atoms with Gasteiger partial charge in [-0.25, -0.2) is 0 Å². The van der Waals surface area contributed by atoms with Gasteiger partial charge in [0.15, 0.2) is 0 Å². The van der Waals surface area contributed by atoms with Gasteiger partial charge in [-0.2, -0.15) is 4.98 Å². The second kappa shape index (κ2) is 7.72. The van der Waals surface area contributed by atoms with E-state index < -0.39 is 0 Å². The number of aromatic hydroxyl groups is 1. The van der Waals surface area contributed by atoms with E-state index in [9.17, 15) is 5.11 Å². The van der Waals surface area contributed by atoms with Crippen LogP contribution in [-0.2, 0) is 13.1 Å². The molecule has 0 bridgehead atoms. The van der Waals surface area contributed by atoms with Gasteiger partial charge < -0.3 is 9.63 Å². The summed E-state index contributed by atoms with van der Waals surface area (Å²) in [6, 6.07) is 13.1. The lowest BCUT2D eigenvalue weighted by molar-refractivity contribution is 0.234. The van der Waals surface area contributed by atoms with E-state index >= 15 is 0 Å². The Morgan fingerprint density at radius 2 is 1.92 bits per heavy atom. The molecule has 2 aromatic heterocycles. The molecule has 2 heterocycles. The van der Waals surface area contributed by atoms with Crippen molar-refractivity contribution in [2.45, 2.75) is 20.0 Å². The molecule has 6 heteroatoms. The first kappa shape index (κ1) is 16.9. The number of benzene rings is 1. The maximum Gasteiger partial charge on any atom is 0.241 e. The van der Waals surface area contributed by atoms with Gasteiger partial charge in [-0.1, -0.05) is 41.6 Å². The van der Waals surface area contributed by atoms with Crippen molar-refractivity contribution in [3.05, 3.63) is 72.4 Å². The van der Waals surface area contributed by atoms with Crippen LogP contribution in [0.4, 0.5) is 0 Å². The quantitative estimate of drug-likeness (QED) is 0.667. The number of pyridine rings is 1. The summed E-state index contributed by atoms with van der Waals surface area (Å²) < 4.78 is 5.37. The first-order valence-corrected chi connectivity index (χ1v) is 8.02. The summed E-state index contributed by atoms with van der Waals surface area (Å²) in [6.45, 7) is 7.19. The van der Waals surface area contributed by atoms with Gasteiger partial charge in [-0.3, -0.25) is 9.88 Å². The van der Waals surface area contributed by atoms with Crippen molar-refractivity contribution in [2.24, 2.45) is 0 Å². The topological polar surface area (TPSA) is 75.3 Å². The zero-order valence-corrected chi connectivity index (χ0v) is 14.1. The van der Waals surface area contributed by atoms with Gasteiger partial charge in [0.05, 0.1) is 12.2 Å². The van der Waals surface area contributed by atoms with Gasteiger partial charge in [0.1, 0.15) is 5.75 Å². The van der Waals surface area contributed by atoms with Crippen LogP contribution in [0.5, 0.6) is 5.75 Å². The highest BCUT2D eigenvalue weighted by molar-refractivity contribution is 5.53. The Bertz CT molecular complexity index is 846. The molecule has 0 spiro atoms. The van der Waals surface area contributed by atoms with Crippen LogP contribution in [0, 0.1) is 6.92 Å². The predicted molar refractivity (Wildman–Crippen MR) is 94.7 cm³/mol. The molecule has 3 rings (SSSR count). The maximum absolute atomic E-state index is 10.0. The Balaban J connectivity index is 1.75. The van der Waals surface area contributed by atoms with E-state index in [0.29, 0.717) is 37.0 Å². The Kier molecular flexibility index (Phi) is 5.20. The lowest BCUT2D eigenvalue weighted by atomic mass is 10.2. The largest absolute Gasteiger partial charge is 0.506 e. The standard InChI is InChI=1S/C19H20N4O2/c1-3-11-23(12-16-17(24)10-9-14(2)20-16)13-18-21-19(22-25-18)15-7-5-4-6-8-15/h3-10,24H,1,11-13H2,2H3. The average Bonchev–Trinajstić information content (AvgIpc) is 3.08. The van der Waals surface area contributed by atoms with Gasteiger partial charge in [-0.15, -0.1) is 6.58 Å². The van der Waals surface area contributed by atoms with E-state index in [4.69, 9.17) is 4.52 Å². The van der Waals surface area contributed by atoms with E-state index in [0.717, 1.165) is 11.3 Å². The summed E-state index contributed by atoms with van der Waals surface area (Å²) >= 11 is 0. The van der Waals surface area contributed by atoms with Crippen LogP contribution < -0.4 is 0 Å². The molecule has 0 aliphatic rings. The highest BCUT2D eigenvalue weighted by atomic mass is 16.5. The number of hydrogen-bond acceptors (Lipinski definition) is 6. The first-order chi connectivity index (χ1) is 12.2. The molecular weight excluding hydrogens is 316 g/mol. The summed E-state index contributed by atoms with van der Waals surface area (Å²) in [6.07, 6.45) is 1.79. The molecule has 3 aromatic rings. The lowest BCUT2D eigenvalue weighted by Gasteiger charge is -2.18. The minimum absolute atomic E-state index is 0.176. The van der Waals surface area contributed by atoms with E-state index in [1.807, 2.05) is 42.2 Å². The summed E-state index contributed by atoms with van der Waals surface area (Å²) in [5, 5.41) is 14.0. The zero-order valence-electron chi connectivity index (χ0n) is 14.1. The minimum Gasteiger partial charge on any atom is -0.506 e. The van der Waals surface area contributed by atoms with Crippen molar-refractivity contribution in [3.8, 4) is 17.1 Å². The minimum atomic E-state index is 0.176. The molecule has 128 valence electrons. The molecule has 1 aromatic carbocycles. The molecule has 6 nitrogen and oxygen atoms in total. The molecule has 0 radical (unpaired) electrons. The number of nitrogens with zero attached hydrogens (tertiary/aromatic N) is 4. The normalized spacial score (nSPS) is 11.0. The molecule has 0 aliphatic carbocycles. The summed E-state index contributed by atoms with van der Waals surface area (Å²) in [5.74, 6) is 1.24. The van der Waals surface area contributed by atoms with Crippen molar-refractivity contribution in [3.63, 3.8) is 0 Å². The van der Waals surface area contributed by atoms with Crippen molar-refractivity contribution >= 4 is 0 Å². The van der Waals surface area contributed by atoms with Crippen LogP contribution in [0.15, 0.2) is 59.6 Å². The molecule has 25 heavy (non-hydrogen) atoms. The zero-order chi connectivity index (χ0) is 17.6. The number of aryl methyl sites for hydroxylation is 1. The molecule has 0 atom stereocenters. The van der Waals surface area contributed by atoms with Gasteiger partial charge in [0, 0.05) is 24.3 Å². The molecule has 0 saturated carbocycles. The molecule has 0 unspecified atom stereocenters. The average molecular weight is 336 g/mol. The highest BCUT2D eigenvalue weighted by Gasteiger charge is 2.15. The van der Waals surface area contributed by atoms with Crippen LogP contribution in [-0.4, -0.2) is 31.7 Å². The van der Waals surface area contributed by atoms with Crippen molar-refractivity contribution in [1.29, 1.82) is 0 Å². The molecular formula is C19H20N4O2. The number of aromatic nitrogens is 3. The van der Waals surface area contributed by atoms with Gasteiger partial charge >= 0.3 is 0 Å². The molecule has 0 aliphatic heterocycles. The Morgan fingerprint density at radius 1 is 1.12 bits per heavy atom. The lowest BCUT2D eigenvalue weighted by Crippen LogP contribution is -2.23. The van der Waals surface area contributed by atoms with Crippen LogP contribution >= 0.6 is 0 Å². The van der Waals surface area contributed by atoms with Gasteiger partial charge in [0.2, 0.25) is 11.7 Å². The predicted octanol–water partition coefficient (Wildman–Crippen LogP) is 3.33. The fraction of sp³-hybridized carbons (Fsp3) is 0.211. The summed E-state index contributed by atoms with van der Waals surface area (Å²) in [4.78, 5) is 10.9. The second-order valence-electron chi connectivity index (χ2n) is 5.75. The Hall–Kier alpha value is -2.99. The Labute approximate surface area is 146 Å². The van der Waals surface area contributed by atoms with E-state index in [1.54, 1.807) is 18.2 Å². The fourth-order valence-corrected chi connectivity index (χ4v) is 2.51. The molecule has 0 fully saturated rings. The molecule has 1 N–H and O–H groups in total. The Morgan fingerprint density at radius 3 is 2.68 bits per heavy atom. The highest BCUT2D eigenvalue weighted by Crippen LogP contribution is 2.19. The number of rotatable bonds is 7. The third-order valence-electron chi connectivity index (χ3n) is 3.71. The van der Waals surface area contributed by atoms with E-state index in [-0.39, 0.29) is 5.75 Å². The summed E-state index contributed by atoms with van der Waals surface area (Å²) in [7, 11) is 0. The SMILES string of the molecule is C=CCN(Cc1nc(-c2ccccc2)no1)Cc1nc(C)ccc1O. The monoisotopic (exact) mass is 336 g/mol. The smallest absolute Gasteiger partial charge is 0.241 e. The van der Waals surface area contributed by atoms with Crippen LogP contribution in [0.3, 0.4) is 0 Å².